The molecule has 1 fully saturated rings. The van der Waals surface area contributed by atoms with Gasteiger partial charge in [-0.1, -0.05) is 6.07 Å². The zero-order chi connectivity index (χ0) is 26.5. The van der Waals surface area contributed by atoms with Crippen molar-refractivity contribution in [3.63, 3.8) is 0 Å². The summed E-state index contributed by atoms with van der Waals surface area (Å²) in [7, 11) is 0. The molecular formula is C28H28FN5O4. The normalized spacial score (nSPS) is 14.2. The summed E-state index contributed by atoms with van der Waals surface area (Å²) in [6, 6.07) is 14.4. The Bertz CT molecular complexity index is 1420. The molecule has 0 spiro atoms. The van der Waals surface area contributed by atoms with Gasteiger partial charge >= 0.3 is 0 Å². The van der Waals surface area contributed by atoms with E-state index in [0.717, 1.165) is 11.3 Å². The first-order chi connectivity index (χ1) is 18.5. The fourth-order valence-electron chi connectivity index (χ4n) is 4.21. The fourth-order valence-corrected chi connectivity index (χ4v) is 4.21. The van der Waals surface area contributed by atoms with Crippen molar-refractivity contribution in [3.8, 4) is 17.2 Å². The first-order valence-corrected chi connectivity index (χ1v) is 12.3. The molecule has 1 aliphatic heterocycles. The number of aryl methyl sites for hydroxylation is 1. The molecule has 3 heterocycles. The number of rotatable bonds is 8. The molecule has 1 amide bonds. The Morgan fingerprint density at radius 1 is 1.11 bits per heavy atom. The third-order valence-electron chi connectivity index (χ3n) is 6.20. The average Bonchev–Trinajstić information content (AvgIpc) is 2.95. The minimum Gasteiger partial charge on any atom is -0.480 e. The van der Waals surface area contributed by atoms with Crippen LogP contribution in [0.3, 0.4) is 0 Å². The number of carbonyl (C=O) groups excluding carboxylic acids is 1. The van der Waals surface area contributed by atoms with Gasteiger partial charge in [0.2, 0.25) is 0 Å². The monoisotopic (exact) mass is 517 g/mol. The van der Waals surface area contributed by atoms with Gasteiger partial charge in [0.25, 0.3) is 5.91 Å². The third kappa shape index (κ3) is 5.65. The van der Waals surface area contributed by atoms with Crippen LogP contribution < -0.4 is 14.8 Å². The summed E-state index contributed by atoms with van der Waals surface area (Å²) < 4.78 is 30.1. The Morgan fingerprint density at radius 3 is 2.68 bits per heavy atom. The van der Waals surface area contributed by atoms with E-state index >= 15 is 0 Å². The summed E-state index contributed by atoms with van der Waals surface area (Å²) in [5.74, 6) is 2.15. The number of nitrogens with zero attached hydrogens (tertiary/aromatic N) is 4. The lowest BCUT2D eigenvalue weighted by Crippen LogP contribution is -2.46. The number of amides is 1. The van der Waals surface area contributed by atoms with E-state index in [1.807, 2.05) is 43.3 Å². The molecule has 4 aromatic rings. The van der Waals surface area contributed by atoms with Crippen molar-refractivity contribution in [2.45, 2.75) is 26.6 Å². The number of anilines is 2. The average molecular weight is 518 g/mol. The second-order valence-corrected chi connectivity index (χ2v) is 8.90. The first-order valence-electron chi connectivity index (χ1n) is 12.3. The van der Waals surface area contributed by atoms with Crippen LogP contribution in [0.2, 0.25) is 0 Å². The Hall–Kier alpha value is -4.31. The standard InChI is InChI=1S/C28H28FN5O4/c1-18-14-20(7-9-24(18)38-22-8-6-21(15-29)30-16-22)33-27-26-23(31-17-32-27)4-3-5-25(26)37-19(2)28(35)34-10-12-36-13-11-34/h3-9,14,16-17,19H,10-13,15H2,1-2H3,(H,31,32,33). The third-order valence-corrected chi connectivity index (χ3v) is 6.20. The molecule has 0 saturated carbocycles. The summed E-state index contributed by atoms with van der Waals surface area (Å²) in [6.07, 6.45) is 2.30. The van der Waals surface area contributed by atoms with E-state index in [0.29, 0.717) is 66.0 Å². The minimum absolute atomic E-state index is 0.0857. The summed E-state index contributed by atoms with van der Waals surface area (Å²) in [6.45, 7) is 5.21. The van der Waals surface area contributed by atoms with E-state index in [1.54, 1.807) is 24.0 Å². The molecule has 38 heavy (non-hydrogen) atoms. The Labute approximate surface area is 219 Å². The quantitative estimate of drug-likeness (QED) is 0.350. The number of fused-ring (bicyclic) bond motifs is 1. The molecule has 0 aliphatic carbocycles. The molecule has 9 nitrogen and oxygen atoms in total. The van der Waals surface area contributed by atoms with Gasteiger partial charge in [0.15, 0.2) is 6.10 Å². The minimum atomic E-state index is -0.682. The van der Waals surface area contributed by atoms with Crippen LogP contribution in [0.4, 0.5) is 15.9 Å². The van der Waals surface area contributed by atoms with Crippen LogP contribution in [0, 0.1) is 6.92 Å². The fraction of sp³-hybridized carbons (Fsp3) is 0.286. The Morgan fingerprint density at radius 2 is 1.95 bits per heavy atom. The smallest absolute Gasteiger partial charge is 0.263 e. The number of morpholine rings is 1. The second kappa shape index (κ2) is 11.4. The van der Waals surface area contributed by atoms with Crippen molar-refractivity contribution in [2.75, 3.05) is 31.6 Å². The Kier molecular flexibility index (Phi) is 7.60. The lowest BCUT2D eigenvalue weighted by Gasteiger charge is -2.29. The Balaban J connectivity index is 1.36. The summed E-state index contributed by atoms with van der Waals surface area (Å²) in [5.41, 5.74) is 2.71. The number of hydrogen-bond acceptors (Lipinski definition) is 8. The number of alkyl halides is 1. The lowest BCUT2D eigenvalue weighted by atomic mass is 10.1. The number of benzene rings is 2. The van der Waals surface area contributed by atoms with Crippen molar-refractivity contribution in [3.05, 3.63) is 72.3 Å². The highest BCUT2D eigenvalue weighted by Crippen LogP contribution is 2.34. The molecule has 196 valence electrons. The molecule has 2 aromatic carbocycles. The topological polar surface area (TPSA) is 98.7 Å². The van der Waals surface area contributed by atoms with E-state index in [-0.39, 0.29) is 5.91 Å². The summed E-state index contributed by atoms with van der Waals surface area (Å²) in [4.78, 5) is 27.5. The van der Waals surface area contributed by atoms with Gasteiger partial charge in [-0.15, -0.1) is 0 Å². The van der Waals surface area contributed by atoms with Crippen molar-refractivity contribution in [1.29, 1.82) is 0 Å². The number of hydrogen-bond donors (Lipinski definition) is 1. The van der Waals surface area contributed by atoms with Crippen LogP contribution in [0.15, 0.2) is 61.1 Å². The number of carbonyl (C=O) groups is 1. The molecule has 10 heteroatoms. The van der Waals surface area contributed by atoms with Crippen molar-refractivity contribution < 1.29 is 23.4 Å². The highest BCUT2D eigenvalue weighted by molar-refractivity contribution is 5.96. The van der Waals surface area contributed by atoms with Gasteiger partial charge in [0.05, 0.1) is 36.0 Å². The van der Waals surface area contributed by atoms with Gasteiger partial charge < -0.3 is 24.4 Å². The molecule has 5 rings (SSSR count). The first kappa shape index (κ1) is 25.3. The zero-order valence-electron chi connectivity index (χ0n) is 21.2. The van der Waals surface area contributed by atoms with Gasteiger partial charge in [0.1, 0.15) is 36.1 Å². The molecule has 0 bridgehead atoms. The van der Waals surface area contributed by atoms with Crippen LogP contribution in [-0.2, 0) is 16.2 Å². The van der Waals surface area contributed by atoms with E-state index in [9.17, 15) is 9.18 Å². The number of ether oxygens (including phenoxy) is 3. The highest BCUT2D eigenvalue weighted by Gasteiger charge is 2.25. The van der Waals surface area contributed by atoms with Gasteiger partial charge in [-0.05, 0) is 61.9 Å². The van der Waals surface area contributed by atoms with Gasteiger partial charge in [-0.25, -0.2) is 14.4 Å². The maximum atomic E-state index is 12.9. The number of nitrogens with one attached hydrogen (secondary N) is 1. The van der Waals surface area contributed by atoms with E-state index in [4.69, 9.17) is 14.2 Å². The molecule has 1 unspecified atom stereocenters. The molecule has 1 atom stereocenters. The van der Waals surface area contributed by atoms with Crippen LogP contribution in [-0.4, -0.2) is 58.2 Å². The van der Waals surface area contributed by atoms with Crippen molar-refractivity contribution in [2.24, 2.45) is 0 Å². The van der Waals surface area contributed by atoms with Gasteiger partial charge in [-0.2, -0.15) is 0 Å². The SMILES string of the molecule is Cc1cc(Nc2ncnc3cccc(OC(C)C(=O)N4CCOCC4)c23)ccc1Oc1ccc(CF)nc1. The molecular weight excluding hydrogens is 489 g/mol. The van der Waals surface area contributed by atoms with Crippen molar-refractivity contribution in [1.82, 2.24) is 19.9 Å². The van der Waals surface area contributed by atoms with E-state index in [1.165, 1.54) is 12.5 Å². The number of aromatic nitrogens is 3. The maximum absolute atomic E-state index is 12.9. The summed E-state index contributed by atoms with van der Waals surface area (Å²) in [5, 5.41) is 4.02. The molecule has 1 aliphatic rings. The predicted molar refractivity (Wildman–Crippen MR) is 141 cm³/mol. The predicted octanol–water partition coefficient (Wildman–Crippen LogP) is 4.96. The molecule has 2 aromatic heterocycles. The van der Waals surface area contributed by atoms with Crippen LogP contribution >= 0.6 is 0 Å². The van der Waals surface area contributed by atoms with Gasteiger partial charge in [0, 0.05) is 18.8 Å². The molecule has 0 radical (unpaired) electrons. The summed E-state index contributed by atoms with van der Waals surface area (Å²) >= 11 is 0. The molecule has 1 saturated heterocycles. The van der Waals surface area contributed by atoms with Gasteiger partial charge in [-0.3, -0.25) is 9.78 Å². The van der Waals surface area contributed by atoms with E-state index in [2.05, 4.69) is 20.3 Å². The number of halogens is 1. The van der Waals surface area contributed by atoms with Crippen LogP contribution in [0.1, 0.15) is 18.2 Å². The van der Waals surface area contributed by atoms with Crippen LogP contribution in [0.5, 0.6) is 17.2 Å². The second-order valence-electron chi connectivity index (χ2n) is 8.90. The van der Waals surface area contributed by atoms with E-state index < -0.39 is 12.8 Å². The van der Waals surface area contributed by atoms with Crippen molar-refractivity contribution >= 4 is 28.3 Å². The zero-order valence-corrected chi connectivity index (χ0v) is 21.2. The molecule has 1 N–H and O–H groups in total. The highest BCUT2D eigenvalue weighted by atomic mass is 19.1. The largest absolute Gasteiger partial charge is 0.480 e. The number of pyridine rings is 1. The maximum Gasteiger partial charge on any atom is 0.263 e. The lowest BCUT2D eigenvalue weighted by molar-refractivity contribution is -0.142. The van der Waals surface area contributed by atoms with Crippen LogP contribution in [0.25, 0.3) is 10.9 Å².